The van der Waals surface area contributed by atoms with Gasteiger partial charge in [-0.25, -0.2) is 0 Å². The zero-order valence-corrected chi connectivity index (χ0v) is 13.0. The highest BCUT2D eigenvalue weighted by Crippen LogP contribution is 2.20. The van der Waals surface area contributed by atoms with E-state index in [0.29, 0.717) is 23.9 Å². The number of hydrogen-bond donors (Lipinski definition) is 1. The van der Waals surface area contributed by atoms with Crippen molar-refractivity contribution in [3.8, 4) is 23.8 Å². The molecule has 0 fully saturated rings. The van der Waals surface area contributed by atoms with Crippen LogP contribution >= 0.6 is 11.3 Å². The van der Waals surface area contributed by atoms with E-state index in [4.69, 9.17) is 10.8 Å². The lowest BCUT2D eigenvalue weighted by atomic mass is 10.2. The number of carbonyl (C=O) groups excluding carboxylic acids is 1. The van der Waals surface area contributed by atoms with Crippen molar-refractivity contribution in [3.05, 3.63) is 52.5 Å². The van der Waals surface area contributed by atoms with Crippen LogP contribution in [0.15, 0.2) is 45.5 Å². The van der Waals surface area contributed by atoms with Crippen LogP contribution in [0.3, 0.4) is 0 Å². The molecule has 114 valence electrons. The van der Waals surface area contributed by atoms with Gasteiger partial charge in [0, 0.05) is 35.0 Å². The Morgan fingerprint density at radius 3 is 3.04 bits per heavy atom. The summed E-state index contributed by atoms with van der Waals surface area (Å²) in [7, 11) is 0. The van der Waals surface area contributed by atoms with Crippen LogP contribution in [0.2, 0.25) is 0 Å². The second kappa shape index (κ2) is 6.90. The molecule has 0 aliphatic heterocycles. The predicted octanol–water partition coefficient (Wildman–Crippen LogP) is 3.35. The van der Waals surface area contributed by atoms with E-state index >= 15 is 0 Å². The topological polar surface area (TPSA) is 68.0 Å². The van der Waals surface area contributed by atoms with Crippen LogP contribution in [-0.2, 0) is 11.2 Å². The zero-order valence-electron chi connectivity index (χ0n) is 12.2. The third-order valence-electron chi connectivity index (χ3n) is 3.11. The molecule has 0 saturated carbocycles. The molecule has 0 aliphatic rings. The minimum Gasteiger partial charge on any atom is -0.421 e. The number of rotatable bonds is 5. The lowest BCUT2D eigenvalue weighted by molar-refractivity contribution is -0.116. The van der Waals surface area contributed by atoms with Gasteiger partial charge in [-0.15, -0.1) is 16.6 Å². The average Bonchev–Trinajstić information content (AvgIpc) is 3.24. The van der Waals surface area contributed by atoms with Crippen molar-refractivity contribution in [2.75, 3.05) is 5.32 Å². The first kappa shape index (κ1) is 15.0. The predicted molar refractivity (Wildman–Crippen MR) is 88.9 cm³/mol. The fourth-order valence-corrected chi connectivity index (χ4v) is 2.62. The number of hydrogen-bond acceptors (Lipinski definition) is 5. The molecule has 5 nitrogen and oxygen atoms in total. The van der Waals surface area contributed by atoms with Gasteiger partial charge in [0.2, 0.25) is 17.7 Å². The first-order chi connectivity index (χ1) is 11.2. The van der Waals surface area contributed by atoms with Crippen LogP contribution in [0.1, 0.15) is 17.9 Å². The van der Waals surface area contributed by atoms with Gasteiger partial charge in [-0.05, 0) is 29.6 Å². The molecule has 0 aliphatic carbocycles. The SMILES string of the molecule is C#Cc1cccc(NC(=O)CCc2nnc(-c3ccsc3)o2)c1. The van der Waals surface area contributed by atoms with E-state index in [2.05, 4.69) is 21.4 Å². The summed E-state index contributed by atoms with van der Waals surface area (Å²) in [6.07, 6.45) is 5.98. The molecule has 0 saturated heterocycles. The van der Waals surface area contributed by atoms with Crippen molar-refractivity contribution >= 4 is 22.9 Å². The van der Waals surface area contributed by atoms with Crippen LogP contribution in [0.25, 0.3) is 11.5 Å². The third-order valence-corrected chi connectivity index (χ3v) is 3.80. The minimum absolute atomic E-state index is 0.130. The number of terminal acetylenes is 1. The van der Waals surface area contributed by atoms with Crippen molar-refractivity contribution in [2.24, 2.45) is 0 Å². The largest absolute Gasteiger partial charge is 0.421 e. The molecule has 1 amide bonds. The summed E-state index contributed by atoms with van der Waals surface area (Å²) in [4.78, 5) is 12.0. The first-order valence-electron chi connectivity index (χ1n) is 6.96. The molecule has 0 bridgehead atoms. The number of benzene rings is 1. The molecule has 1 N–H and O–H groups in total. The fraction of sp³-hybridized carbons (Fsp3) is 0.118. The minimum atomic E-state index is -0.130. The standard InChI is InChI=1S/C17H13N3O2S/c1-2-12-4-3-5-14(10-12)18-15(21)6-7-16-19-20-17(22-16)13-8-9-23-11-13/h1,3-5,8-11H,6-7H2,(H,18,21). The number of nitrogens with one attached hydrogen (secondary N) is 1. The third kappa shape index (κ3) is 3.84. The van der Waals surface area contributed by atoms with Gasteiger partial charge in [-0.3, -0.25) is 4.79 Å². The zero-order chi connectivity index (χ0) is 16.1. The first-order valence-corrected chi connectivity index (χ1v) is 7.90. The van der Waals surface area contributed by atoms with Gasteiger partial charge in [-0.2, -0.15) is 11.3 Å². The van der Waals surface area contributed by atoms with Crippen molar-refractivity contribution < 1.29 is 9.21 Å². The van der Waals surface area contributed by atoms with Gasteiger partial charge < -0.3 is 9.73 Å². The van der Waals surface area contributed by atoms with E-state index in [-0.39, 0.29) is 12.3 Å². The van der Waals surface area contributed by atoms with E-state index in [1.165, 1.54) is 0 Å². The van der Waals surface area contributed by atoms with E-state index in [9.17, 15) is 4.79 Å². The highest BCUT2D eigenvalue weighted by Gasteiger charge is 2.11. The second-order valence-corrected chi connectivity index (χ2v) is 5.57. The molecule has 0 radical (unpaired) electrons. The Balaban J connectivity index is 1.56. The maximum atomic E-state index is 12.0. The Labute approximate surface area is 137 Å². The molecule has 3 aromatic rings. The van der Waals surface area contributed by atoms with Gasteiger partial charge in [0.15, 0.2) is 0 Å². The van der Waals surface area contributed by atoms with E-state index in [1.54, 1.807) is 35.6 Å². The smallest absolute Gasteiger partial charge is 0.248 e. The quantitative estimate of drug-likeness (QED) is 0.731. The highest BCUT2D eigenvalue weighted by molar-refractivity contribution is 7.08. The molecule has 23 heavy (non-hydrogen) atoms. The van der Waals surface area contributed by atoms with Crippen LogP contribution in [0.4, 0.5) is 5.69 Å². The van der Waals surface area contributed by atoms with Gasteiger partial charge in [0.05, 0.1) is 0 Å². The summed E-state index contributed by atoms with van der Waals surface area (Å²) < 4.78 is 5.54. The lowest BCUT2D eigenvalue weighted by Gasteiger charge is -2.04. The van der Waals surface area contributed by atoms with Crippen molar-refractivity contribution in [1.82, 2.24) is 10.2 Å². The summed E-state index contributed by atoms with van der Waals surface area (Å²) >= 11 is 1.56. The molecule has 0 atom stereocenters. The number of anilines is 1. The number of nitrogens with zero attached hydrogens (tertiary/aromatic N) is 2. The molecular formula is C17H13N3O2S. The number of aryl methyl sites for hydroxylation is 1. The van der Waals surface area contributed by atoms with Crippen LogP contribution < -0.4 is 5.32 Å². The average molecular weight is 323 g/mol. The molecule has 3 rings (SSSR count). The van der Waals surface area contributed by atoms with Crippen LogP contribution in [0.5, 0.6) is 0 Å². The van der Waals surface area contributed by atoms with Gasteiger partial charge in [0.1, 0.15) is 0 Å². The maximum Gasteiger partial charge on any atom is 0.248 e. The molecule has 0 spiro atoms. The maximum absolute atomic E-state index is 12.0. The summed E-state index contributed by atoms with van der Waals surface area (Å²) in [5.74, 6) is 3.32. The fourth-order valence-electron chi connectivity index (χ4n) is 1.99. The summed E-state index contributed by atoms with van der Waals surface area (Å²) in [5.41, 5.74) is 2.29. The van der Waals surface area contributed by atoms with Gasteiger partial charge >= 0.3 is 0 Å². The van der Waals surface area contributed by atoms with Gasteiger partial charge in [0.25, 0.3) is 0 Å². The molecular weight excluding hydrogens is 310 g/mol. The summed E-state index contributed by atoms with van der Waals surface area (Å²) in [5, 5.41) is 14.6. The molecule has 1 aromatic carbocycles. The Bertz CT molecular complexity index is 847. The number of thiophene rings is 1. The van der Waals surface area contributed by atoms with E-state index in [1.807, 2.05) is 16.8 Å². The Morgan fingerprint density at radius 1 is 1.35 bits per heavy atom. The van der Waals surface area contributed by atoms with Crippen molar-refractivity contribution in [3.63, 3.8) is 0 Å². The normalized spacial score (nSPS) is 10.2. The van der Waals surface area contributed by atoms with Crippen LogP contribution in [-0.4, -0.2) is 16.1 Å². The molecule has 6 heteroatoms. The van der Waals surface area contributed by atoms with Crippen molar-refractivity contribution in [2.45, 2.75) is 12.8 Å². The Hall–Kier alpha value is -2.91. The monoisotopic (exact) mass is 323 g/mol. The Morgan fingerprint density at radius 2 is 2.26 bits per heavy atom. The second-order valence-electron chi connectivity index (χ2n) is 4.79. The van der Waals surface area contributed by atoms with Crippen molar-refractivity contribution in [1.29, 1.82) is 0 Å². The molecule has 0 unspecified atom stereocenters. The Kier molecular flexibility index (Phi) is 4.50. The number of aromatic nitrogens is 2. The van der Waals surface area contributed by atoms with Crippen LogP contribution in [0, 0.1) is 12.3 Å². The lowest BCUT2D eigenvalue weighted by Crippen LogP contribution is -2.12. The highest BCUT2D eigenvalue weighted by atomic mass is 32.1. The number of carbonyl (C=O) groups is 1. The molecule has 2 aromatic heterocycles. The summed E-state index contributed by atoms with van der Waals surface area (Å²) in [6, 6.07) is 9.06. The van der Waals surface area contributed by atoms with E-state index in [0.717, 1.165) is 11.1 Å². The van der Waals surface area contributed by atoms with Gasteiger partial charge in [-0.1, -0.05) is 12.0 Å². The van der Waals surface area contributed by atoms with E-state index < -0.39 is 0 Å². The molecule has 2 heterocycles. The number of amides is 1. The summed E-state index contributed by atoms with van der Waals surface area (Å²) in [6.45, 7) is 0.